The largest absolute Gasteiger partial charge is 0.490 e. The number of methoxy groups -OCH3 is 1. The summed E-state index contributed by atoms with van der Waals surface area (Å²) in [5.74, 6) is 0.453. The van der Waals surface area contributed by atoms with E-state index in [0.717, 1.165) is 0 Å². The van der Waals surface area contributed by atoms with Crippen molar-refractivity contribution in [3.05, 3.63) is 34.0 Å². The summed E-state index contributed by atoms with van der Waals surface area (Å²) in [5, 5.41) is 16.6. The molecule has 0 radical (unpaired) electrons. The molecule has 13 heteroatoms. The van der Waals surface area contributed by atoms with Crippen LogP contribution in [0.25, 0.3) is 0 Å². The molecule has 4 rings (SSSR count). The van der Waals surface area contributed by atoms with Crippen LogP contribution in [-0.2, 0) is 5.66 Å². The second kappa shape index (κ2) is 7.90. The third-order valence-electron chi connectivity index (χ3n) is 5.91. The highest BCUT2D eigenvalue weighted by atomic mass is 19.4. The topological polar surface area (TPSA) is 131 Å². The number of anilines is 3. The first-order chi connectivity index (χ1) is 15.0. The lowest BCUT2D eigenvalue weighted by molar-refractivity contribution is -0.151. The number of nitrogens with zero attached hydrogens (tertiary/aromatic N) is 4. The van der Waals surface area contributed by atoms with E-state index < -0.39 is 30.2 Å². The van der Waals surface area contributed by atoms with Crippen molar-refractivity contribution in [1.82, 2.24) is 24.8 Å². The van der Waals surface area contributed by atoms with Crippen molar-refractivity contribution in [3.8, 4) is 5.75 Å². The Morgan fingerprint density at radius 2 is 2.06 bits per heavy atom. The van der Waals surface area contributed by atoms with Crippen LogP contribution < -0.4 is 26.7 Å². The third-order valence-corrected chi connectivity index (χ3v) is 5.91. The van der Waals surface area contributed by atoms with E-state index in [0.29, 0.717) is 11.3 Å². The van der Waals surface area contributed by atoms with Gasteiger partial charge < -0.3 is 20.9 Å². The maximum atomic E-state index is 13.5. The molecule has 2 aliphatic rings. The van der Waals surface area contributed by atoms with Crippen molar-refractivity contribution in [2.24, 2.45) is 0 Å². The number of ether oxygens (including phenoxy) is 1. The second-order valence-electron chi connectivity index (χ2n) is 8.00. The second-order valence-corrected chi connectivity index (χ2v) is 8.00. The van der Waals surface area contributed by atoms with Gasteiger partial charge in [0.25, 0.3) is 5.56 Å². The number of likely N-dealkylation sites (tertiary alicyclic amines) is 1. The molecule has 1 spiro atoms. The first-order valence-electron chi connectivity index (χ1n) is 9.98. The third kappa shape index (κ3) is 3.87. The summed E-state index contributed by atoms with van der Waals surface area (Å²) in [7, 11) is 1.39. The van der Waals surface area contributed by atoms with Crippen LogP contribution in [0.1, 0.15) is 30.3 Å². The van der Waals surface area contributed by atoms with Crippen molar-refractivity contribution in [2.75, 3.05) is 37.8 Å². The quantitative estimate of drug-likeness (QED) is 0.537. The lowest BCUT2D eigenvalue weighted by Gasteiger charge is -2.41. The Kier molecular flexibility index (Phi) is 5.51. The van der Waals surface area contributed by atoms with Gasteiger partial charge in [-0.3, -0.25) is 19.6 Å². The number of nitrogens with one attached hydrogen (secondary N) is 2. The van der Waals surface area contributed by atoms with Crippen LogP contribution in [0.15, 0.2) is 17.2 Å². The molecule has 4 heterocycles. The lowest BCUT2D eigenvalue weighted by atomic mass is 9.96. The minimum absolute atomic E-state index is 0.0913. The predicted molar refractivity (Wildman–Crippen MR) is 110 cm³/mol. The molecule has 0 amide bonds. The number of alkyl halides is 3. The average molecular weight is 455 g/mol. The SMILES string of the molecule is COc1c(N)ncnc1Nc1cc(C)c2n(c1=O)C1(CCN(CC(F)(F)F)CC1)NC2O. The van der Waals surface area contributed by atoms with Gasteiger partial charge in [-0.15, -0.1) is 0 Å². The van der Waals surface area contributed by atoms with Crippen LogP contribution in [0, 0.1) is 6.92 Å². The average Bonchev–Trinajstić information content (AvgIpc) is 2.99. The van der Waals surface area contributed by atoms with E-state index in [1.54, 1.807) is 13.0 Å². The molecule has 0 bridgehead atoms. The van der Waals surface area contributed by atoms with E-state index in [1.807, 2.05) is 0 Å². The van der Waals surface area contributed by atoms with Gasteiger partial charge in [-0.05, 0) is 31.4 Å². The van der Waals surface area contributed by atoms with E-state index >= 15 is 0 Å². The van der Waals surface area contributed by atoms with Gasteiger partial charge in [0.05, 0.1) is 19.3 Å². The predicted octanol–water partition coefficient (Wildman–Crippen LogP) is 1.19. The Balaban J connectivity index is 1.71. The Morgan fingerprint density at radius 3 is 2.69 bits per heavy atom. The summed E-state index contributed by atoms with van der Waals surface area (Å²) >= 11 is 0. The molecule has 10 nitrogen and oxygen atoms in total. The number of hydrogen-bond acceptors (Lipinski definition) is 9. The Labute approximate surface area is 181 Å². The van der Waals surface area contributed by atoms with Crippen molar-refractivity contribution in [3.63, 3.8) is 0 Å². The zero-order valence-corrected chi connectivity index (χ0v) is 17.5. The highest BCUT2D eigenvalue weighted by molar-refractivity contribution is 5.68. The fraction of sp³-hybridized carbons (Fsp3) is 0.526. The number of aryl methyl sites for hydroxylation is 1. The molecule has 174 valence electrons. The molecule has 0 aliphatic carbocycles. The fourth-order valence-corrected chi connectivity index (χ4v) is 4.51. The van der Waals surface area contributed by atoms with E-state index in [2.05, 4.69) is 20.6 Å². The first-order valence-corrected chi connectivity index (χ1v) is 9.98. The molecule has 2 aliphatic heterocycles. The smallest absolute Gasteiger partial charge is 0.401 e. The molecule has 0 saturated carbocycles. The molecule has 1 atom stereocenters. The molecule has 1 fully saturated rings. The van der Waals surface area contributed by atoms with Crippen molar-refractivity contribution in [2.45, 2.75) is 37.8 Å². The van der Waals surface area contributed by atoms with Crippen molar-refractivity contribution >= 4 is 17.3 Å². The molecule has 1 unspecified atom stereocenters. The minimum Gasteiger partial charge on any atom is -0.490 e. The number of hydrogen-bond donors (Lipinski definition) is 4. The van der Waals surface area contributed by atoms with Gasteiger partial charge in [-0.25, -0.2) is 9.97 Å². The number of rotatable bonds is 4. The Hall–Kier alpha value is -2.90. The number of nitrogens with two attached hydrogens (primary N) is 1. The molecule has 5 N–H and O–H groups in total. The van der Waals surface area contributed by atoms with Gasteiger partial charge in [0.15, 0.2) is 11.6 Å². The van der Waals surface area contributed by atoms with Crippen LogP contribution >= 0.6 is 0 Å². The van der Waals surface area contributed by atoms with E-state index in [9.17, 15) is 23.1 Å². The van der Waals surface area contributed by atoms with Crippen LogP contribution in [0.5, 0.6) is 5.75 Å². The van der Waals surface area contributed by atoms with Gasteiger partial charge in [0, 0.05) is 13.1 Å². The summed E-state index contributed by atoms with van der Waals surface area (Å²) < 4.78 is 45.0. The lowest BCUT2D eigenvalue weighted by Crippen LogP contribution is -2.55. The van der Waals surface area contributed by atoms with Crippen LogP contribution in [0.2, 0.25) is 0 Å². The molecule has 32 heavy (non-hydrogen) atoms. The minimum atomic E-state index is -4.30. The maximum absolute atomic E-state index is 13.5. The normalized spacial score (nSPS) is 20.4. The maximum Gasteiger partial charge on any atom is 0.401 e. The summed E-state index contributed by atoms with van der Waals surface area (Å²) in [4.78, 5) is 22.7. The Morgan fingerprint density at radius 1 is 1.38 bits per heavy atom. The standard InChI is InChI=1S/C19H24F3N7O3/c1-10-7-11(26-15-13(32-2)14(23)24-9-25-15)17(31)29-12(10)16(30)27-18(29)3-5-28(6-4-18)8-19(20,21)22/h7,9,16,27,30H,3-6,8H2,1-2H3,(H3,23,24,25,26). The number of fused-ring (bicyclic) bond motifs is 2. The van der Waals surface area contributed by atoms with Gasteiger partial charge in [0.2, 0.25) is 5.75 Å². The number of pyridine rings is 1. The van der Waals surface area contributed by atoms with Crippen LogP contribution in [-0.4, -0.2) is 57.5 Å². The zero-order chi connectivity index (χ0) is 23.3. The fourth-order valence-electron chi connectivity index (χ4n) is 4.51. The van der Waals surface area contributed by atoms with E-state index in [-0.39, 0.29) is 49.0 Å². The van der Waals surface area contributed by atoms with Crippen molar-refractivity contribution < 1.29 is 23.0 Å². The number of piperidine rings is 1. The Bertz CT molecular complexity index is 1080. The number of halogens is 3. The zero-order valence-electron chi connectivity index (χ0n) is 17.5. The molecule has 2 aromatic heterocycles. The number of nitrogen functional groups attached to an aromatic ring is 1. The number of aliphatic hydroxyl groups is 1. The molecule has 1 saturated heterocycles. The summed E-state index contributed by atoms with van der Waals surface area (Å²) in [6.45, 7) is 0.976. The first kappa shape index (κ1) is 22.3. The molecular weight excluding hydrogens is 431 g/mol. The van der Waals surface area contributed by atoms with Gasteiger partial charge in [-0.2, -0.15) is 13.2 Å². The van der Waals surface area contributed by atoms with Crippen molar-refractivity contribution in [1.29, 1.82) is 0 Å². The van der Waals surface area contributed by atoms with E-state index in [4.69, 9.17) is 10.5 Å². The van der Waals surface area contributed by atoms with Crippen LogP contribution in [0.4, 0.5) is 30.5 Å². The highest BCUT2D eigenvalue weighted by Gasteiger charge is 2.47. The summed E-state index contributed by atoms with van der Waals surface area (Å²) in [6, 6.07) is 1.58. The monoisotopic (exact) mass is 455 g/mol. The van der Waals surface area contributed by atoms with E-state index in [1.165, 1.54) is 22.9 Å². The van der Waals surface area contributed by atoms with Gasteiger partial charge >= 0.3 is 6.18 Å². The summed E-state index contributed by atoms with van der Waals surface area (Å²) in [6.07, 6.45) is -3.75. The molecule has 0 aromatic carbocycles. The summed E-state index contributed by atoms with van der Waals surface area (Å²) in [5.41, 5.74) is 5.54. The molecular formula is C19H24F3N7O3. The van der Waals surface area contributed by atoms with Crippen LogP contribution in [0.3, 0.4) is 0 Å². The highest BCUT2D eigenvalue weighted by Crippen LogP contribution is 2.39. The molecule has 2 aromatic rings. The van der Waals surface area contributed by atoms with Gasteiger partial charge in [-0.1, -0.05) is 0 Å². The van der Waals surface area contributed by atoms with Gasteiger partial charge in [0.1, 0.15) is 23.9 Å². The number of aliphatic hydroxyl groups excluding tert-OH is 1. The number of aromatic nitrogens is 3.